The van der Waals surface area contributed by atoms with Crippen LogP contribution >= 0.6 is 0 Å². The zero-order valence-electron chi connectivity index (χ0n) is 15.5. The minimum absolute atomic E-state index is 0.0216. The molecule has 1 amide bonds. The lowest BCUT2D eigenvalue weighted by Crippen LogP contribution is -2.23. The number of benzene rings is 2. The molecule has 0 saturated carbocycles. The maximum Gasteiger partial charge on any atom is 0.335 e. The molecule has 0 aliphatic heterocycles. The van der Waals surface area contributed by atoms with Gasteiger partial charge in [-0.25, -0.2) is 13.2 Å². The Bertz CT molecular complexity index is 1150. The van der Waals surface area contributed by atoms with Crippen molar-refractivity contribution in [2.45, 2.75) is 18.7 Å². The largest absolute Gasteiger partial charge is 0.478 e. The van der Waals surface area contributed by atoms with E-state index in [0.29, 0.717) is 17.1 Å². The number of carboxylic acid groups (broad SMARTS) is 1. The standard InChI is InChI=1S/C19H17N3O6S/c1-12-11-18(20-28-12)21-29(26,27)17-9-7-16(8-10-17)22(13(2)23)15-5-3-14(4-6-15)19(24)25/h3-11H,1-2H3,(H,20,21)(H,24,25). The molecule has 2 aromatic carbocycles. The summed E-state index contributed by atoms with van der Waals surface area (Å²) < 4.78 is 32.1. The van der Waals surface area contributed by atoms with E-state index in [1.54, 1.807) is 6.92 Å². The van der Waals surface area contributed by atoms with Gasteiger partial charge in [-0.2, -0.15) is 0 Å². The number of rotatable bonds is 6. The molecule has 150 valence electrons. The van der Waals surface area contributed by atoms with Crippen LogP contribution in [0.3, 0.4) is 0 Å². The zero-order chi connectivity index (χ0) is 21.2. The van der Waals surface area contributed by atoms with Gasteiger partial charge in [0, 0.05) is 24.4 Å². The highest BCUT2D eigenvalue weighted by Gasteiger charge is 2.19. The lowest BCUT2D eigenvalue weighted by Gasteiger charge is -2.21. The Morgan fingerprint density at radius 2 is 1.59 bits per heavy atom. The molecule has 0 bridgehead atoms. The third-order valence-electron chi connectivity index (χ3n) is 3.96. The summed E-state index contributed by atoms with van der Waals surface area (Å²) in [4.78, 5) is 24.5. The number of anilines is 3. The summed E-state index contributed by atoms with van der Waals surface area (Å²) in [7, 11) is -3.88. The van der Waals surface area contributed by atoms with Gasteiger partial charge in [0.2, 0.25) is 5.91 Å². The van der Waals surface area contributed by atoms with Gasteiger partial charge < -0.3 is 9.63 Å². The van der Waals surface area contributed by atoms with E-state index in [1.807, 2.05) is 0 Å². The number of carboxylic acids is 1. The fraction of sp³-hybridized carbons (Fsp3) is 0.105. The molecule has 0 radical (unpaired) electrons. The molecule has 29 heavy (non-hydrogen) atoms. The Balaban J connectivity index is 1.88. The summed E-state index contributed by atoms with van der Waals surface area (Å²) >= 11 is 0. The molecule has 3 aromatic rings. The minimum Gasteiger partial charge on any atom is -0.478 e. The highest BCUT2D eigenvalue weighted by Crippen LogP contribution is 2.27. The summed E-state index contributed by atoms with van der Waals surface area (Å²) in [6.07, 6.45) is 0. The summed E-state index contributed by atoms with van der Waals surface area (Å²) in [5.41, 5.74) is 0.971. The second-order valence-electron chi connectivity index (χ2n) is 6.13. The maximum absolute atomic E-state index is 12.5. The zero-order valence-corrected chi connectivity index (χ0v) is 16.3. The SMILES string of the molecule is CC(=O)N(c1ccc(C(=O)O)cc1)c1ccc(S(=O)(=O)Nc2cc(C)on2)cc1. The van der Waals surface area contributed by atoms with Crippen molar-refractivity contribution in [2.24, 2.45) is 0 Å². The van der Waals surface area contributed by atoms with Crippen LogP contribution in [0.2, 0.25) is 0 Å². The third kappa shape index (κ3) is 4.43. The van der Waals surface area contributed by atoms with Crippen molar-refractivity contribution < 1.29 is 27.6 Å². The second kappa shape index (κ2) is 7.76. The van der Waals surface area contributed by atoms with E-state index in [1.165, 1.54) is 66.4 Å². The van der Waals surface area contributed by atoms with Crippen molar-refractivity contribution in [3.63, 3.8) is 0 Å². The lowest BCUT2D eigenvalue weighted by molar-refractivity contribution is -0.115. The van der Waals surface area contributed by atoms with E-state index in [2.05, 4.69) is 9.88 Å². The van der Waals surface area contributed by atoms with Crippen LogP contribution < -0.4 is 9.62 Å². The van der Waals surface area contributed by atoms with Crippen molar-refractivity contribution in [3.8, 4) is 0 Å². The Hall–Kier alpha value is -3.66. The third-order valence-corrected chi connectivity index (χ3v) is 5.33. The second-order valence-corrected chi connectivity index (χ2v) is 7.81. The van der Waals surface area contributed by atoms with Gasteiger partial charge in [0.05, 0.1) is 10.5 Å². The molecule has 0 aliphatic rings. The average Bonchev–Trinajstić information content (AvgIpc) is 3.06. The van der Waals surface area contributed by atoms with E-state index in [0.717, 1.165) is 0 Å². The Morgan fingerprint density at radius 3 is 2.03 bits per heavy atom. The molecule has 10 heteroatoms. The molecule has 0 saturated heterocycles. The van der Waals surface area contributed by atoms with E-state index >= 15 is 0 Å². The van der Waals surface area contributed by atoms with Gasteiger partial charge in [-0.3, -0.25) is 14.4 Å². The number of aromatic carboxylic acids is 1. The van der Waals surface area contributed by atoms with Crippen LogP contribution in [-0.4, -0.2) is 30.6 Å². The van der Waals surface area contributed by atoms with E-state index in [-0.39, 0.29) is 22.2 Å². The topological polar surface area (TPSA) is 130 Å². The molecule has 1 heterocycles. The number of amides is 1. The normalized spacial score (nSPS) is 11.1. The van der Waals surface area contributed by atoms with E-state index in [9.17, 15) is 18.0 Å². The number of hydrogen-bond acceptors (Lipinski definition) is 6. The molecule has 3 rings (SSSR count). The van der Waals surface area contributed by atoms with E-state index in [4.69, 9.17) is 9.63 Å². The molecule has 0 atom stereocenters. The first-order valence-corrected chi connectivity index (χ1v) is 9.86. The average molecular weight is 415 g/mol. The van der Waals surface area contributed by atoms with Crippen molar-refractivity contribution in [2.75, 3.05) is 9.62 Å². The van der Waals surface area contributed by atoms with Crippen LogP contribution in [0.15, 0.2) is 64.0 Å². The fourth-order valence-electron chi connectivity index (χ4n) is 2.65. The number of sulfonamides is 1. The van der Waals surface area contributed by atoms with Crippen molar-refractivity contribution in [1.82, 2.24) is 5.16 Å². The Labute approximate surface area is 166 Å². The first-order valence-electron chi connectivity index (χ1n) is 8.37. The van der Waals surface area contributed by atoms with Crippen molar-refractivity contribution in [1.29, 1.82) is 0 Å². The van der Waals surface area contributed by atoms with Gasteiger partial charge in [-0.05, 0) is 55.5 Å². The maximum atomic E-state index is 12.5. The molecule has 2 N–H and O–H groups in total. The van der Waals surface area contributed by atoms with Gasteiger partial charge >= 0.3 is 5.97 Å². The number of aromatic nitrogens is 1. The molecule has 0 fully saturated rings. The molecular weight excluding hydrogens is 398 g/mol. The predicted molar refractivity (Wildman–Crippen MR) is 105 cm³/mol. The highest BCUT2D eigenvalue weighted by atomic mass is 32.2. The smallest absolute Gasteiger partial charge is 0.335 e. The fourth-order valence-corrected chi connectivity index (χ4v) is 3.63. The monoisotopic (exact) mass is 415 g/mol. The number of nitrogens with one attached hydrogen (secondary N) is 1. The Morgan fingerprint density at radius 1 is 1.03 bits per heavy atom. The van der Waals surface area contributed by atoms with Crippen LogP contribution in [0.1, 0.15) is 23.0 Å². The number of nitrogens with zero attached hydrogens (tertiary/aromatic N) is 2. The van der Waals surface area contributed by atoms with Crippen molar-refractivity contribution >= 4 is 39.1 Å². The highest BCUT2D eigenvalue weighted by molar-refractivity contribution is 7.92. The van der Waals surface area contributed by atoms with Gasteiger partial charge in [0.25, 0.3) is 10.0 Å². The van der Waals surface area contributed by atoms with Crippen molar-refractivity contribution in [3.05, 3.63) is 65.9 Å². The van der Waals surface area contributed by atoms with Gasteiger partial charge in [-0.1, -0.05) is 5.16 Å². The van der Waals surface area contributed by atoms with Gasteiger partial charge in [0.1, 0.15) is 5.76 Å². The molecular formula is C19H17N3O6S. The summed E-state index contributed by atoms with van der Waals surface area (Å²) in [6.45, 7) is 2.99. The molecule has 9 nitrogen and oxygen atoms in total. The number of carbonyl (C=O) groups is 2. The van der Waals surface area contributed by atoms with Crippen LogP contribution in [0.4, 0.5) is 17.2 Å². The lowest BCUT2D eigenvalue weighted by atomic mass is 10.1. The van der Waals surface area contributed by atoms with Gasteiger partial charge in [-0.15, -0.1) is 0 Å². The Kier molecular flexibility index (Phi) is 5.37. The summed E-state index contributed by atoms with van der Waals surface area (Å²) in [5.74, 6) is -0.866. The first kappa shape index (κ1) is 20.1. The molecule has 0 aliphatic carbocycles. The first-order chi connectivity index (χ1) is 13.7. The number of hydrogen-bond donors (Lipinski definition) is 2. The van der Waals surface area contributed by atoms with Crippen LogP contribution in [0.5, 0.6) is 0 Å². The summed E-state index contributed by atoms with van der Waals surface area (Å²) in [6, 6.07) is 12.9. The van der Waals surface area contributed by atoms with Crippen LogP contribution in [0, 0.1) is 6.92 Å². The van der Waals surface area contributed by atoms with Gasteiger partial charge in [0.15, 0.2) is 5.82 Å². The predicted octanol–water partition coefficient (Wildman–Crippen LogP) is 3.17. The molecule has 1 aromatic heterocycles. The molecule has 0 spiro atoms. The minimum atomic E-state index is -3.88. The molecule has 0 unspecified atom stereocenters. The van der Waals surface area contributed by atoms with E-state index < -0.39 is 16.0 Å². The van der Waals surface area contributed by atoms with Crippen LogP contribution in [-0.2, 0) is 14.8 Å². The van der Waals surface area contributed by atoms with Crippen LogP contribution in [0.25, 0.3) is 0 Å². The number of carbonyl (C=O) groups excluding carboxylic acids is 1. The number of aryl methyl sites for hydroxylation is 1. The quantitative estimate of drug-likeness (QED) is 0.632. The summed E-state index contributed by atoms with van der Waals surface area (Å²) in [5, 5.41) is 12.6.